The number of esters is 1. The van der Waals surface area contributed by atoms with E-state index in [1.54, 1.807) is 7.05 Å². The molecule has 1 aliphatic heterocycles. The number of aliphatic hydroxyl groups is 1. The number of piperidine rings is 1. The summed E-state index contributed by atoms with van der Waals surface area (Å²) >= 11 is 0. The number of carbonyl (C=O) groups is 1. The van der Waals surface area contributed by atoms with E-state index in [-0.39, 0.29) is 23.4 Å². The van der Waals surface area contributed by atoms with Gasteiger partial charge in [-0.25, -0.2) is 0 Å². The highest BCUT2D eigenvalue weighted by molar-refractivity contribution is 5.80. The number of rotatable bonds is 4. The minimum Gasteiger partial charge on any atom is -0.466 e. The van der Waals surface area contributed by atoms with E-state index in [2.05, 4.69) is 22.1 Å². The molecule has 1 saturated carbocycles. The average molecular weight is 339 g/mol. The smallest absolute Gasteiger partial charge is 0.309 e. The van der Waals surface area contributed by atoms with Crippen molar-refractivity contribution in [3.05, 3.63) is 0 Å². The van der Waals surface area contributed by atoms with Crippen molar-refractivity contribution in [1.29, 1.82) is 0 Å². The van der Waals surface area contributed by atoms with Crippen LogP contribution in [-0.4, -0.2) is 61.3 Å². The molecule has 1 saturated heterocycles. The molecule has 2 rings (SSSR count). The Labute approximate surface area is 145 Å². The van der Waals surface area contributed by atoms with Gasteiger partial charge in [-0.05, 0) is 32.6 Å². The molecule has 2 aliphatic rings. The Morgan fingerprint density at radius 3 is 2.62 bits per heavy atom. The fourth-order valence-electron chi connectivity index (χ4n) is 3.79. The van der Waals surface area contributed by atoms with Gasteiger partial charge in [-0.2, -0.15) is 0 Å². The summed E-state index contributed by atoms with van der Waals surface area (Å²) in [6.07, 6.45) is 5.60. The van der Waals surface area contributed by atoms with Crippen LogP contribution in [0.2, 0.25) is 0 Å². The van der Waals surface area contributed by atoms with Crippen LogP contribution in [-0.2, 0) is 9.53 Å². The molecule has 24 heavy (non-hydrogen) atoms. The van der Waals surface area contributed by atoms with Gasteiger partial charge in [0.05, 0.1) is 18.6 Å². The number of nitrogens with one attached hydrogen (secondary N) is 1. The van der Waals surface area contributed by atoms with Gasteiger partial charge in [0.15, 0.2) is 5.96 Å². The highest BCUT2D eigenvalue weighted by Crippen LogP contribution is 2.35. The van der Waals surface area contributed by atoms with Crippen LogP contribution in [0.25, 0.3) is 0 Å². The summed E-state index contributed by atoms with van der Waals surface area (Å²) in [5.41, 5.74) is -0.0859. The van der Waals surface area contributed by atoms with Crippen molar-refractivity contribution in [2.24, 2.45) is 16.3 Å². The van der Waals surface area contributed by atoms with Crippen LogP contribution in [0.3, 0.4) is 0 Å². The predicted molar refractivity (Wildman–Crippen MR) is 94.9 cm³/mol. The van der Waals surface area contributed by atoms with Crippen molar-refractivity contribution < 1.29 is 14.6 Å². The Bertz CT molecular complexity index is 447. The zero-order valence-electron chi connectivity index (χ0n) is 15.4. The molecule has 0 aromatic carbocycles. The quantitative estimate of drug-likeness (QED) is 0.464. The lowest BCUT2D eigenvalue weighted by atomic mass is 9.73. The fraction of sp³-hybridized carbons (Fsp3) is 0.889. The van der Waals surface area contributed by atoms with Crippen LogP contribution in [0, 0.1) is 11.3 Å². The summed E-state index contributed by atoms with van der Waals surface area (Å²) in [6, 6.07) is 0. The number of likely N-dealkylation sites (tertiary alicyclic amines) is 1. The summed E-state index contributed by atoms with van der Waals surface area (Å²) in [5.74, 6) is 0.811. The zero-order valence-corrected chi connectivity index (χ0v) is 15.4. The molecular formula is C18H33N3O3. The van der Waals surface area contributed by atoms with E-state index in [1.165, 1.54) is 6.42 Å². The van der Waals surface area contributed by atoms with Gasteiger partial charge in [-0.3, -0.25) is 9.79 Å². The van der Waals surface area contributed by atoms with E-state index in [4.69, 9.17) is 4.74 Å². The molecule has 0 radical (unpaired) electrons. The molecule has 138 valence electrons. The van der Waals surface area contributed by atoms with Gasteiger partial charge in [-0.1, -0.05) is 19.8 Å². The number of guanidine groups is 1. The van der Waals surface area contributed by atoms with Gasteiger partial charge >= 0.3 is 5.97 Å². The van der Waals surface area contributed by atoms with Crippen molar-refractivity contribution in [1.82, 2.24) is 10.2 Å². The number of hydrogen-bond acceptors (Lipinski definition) is 4. The fourth-order valence-corrected chi connectivity index (χ4v) is 3.79. The monoisotopic (exact) mass is 339 g/mol. The first-order chi connectivity index (χ1) is 11.5. The maximum atomic E-state index is 11.8. The number of aliphatic imine (C=N–C) groups is 1. The predicted octanol–water partition coefficient (Wildman–Crippen LogP) is 1.78. The molecule has 2 unspecified atom stereocenters. The zero-order chi connectivity index (χ0) is 17.6. The van der Waals surface area contributed by atoms with Gasteiger partial charge < -0.3 is 20.1 Å². The molecule has 0 amide bonds. The van der Waals surface area contributed by atoms with Gasteiger partial charge in [0.2, 0.25) is 0 Å². The lowest BCUT2D eigenvalue weighted by Gasteiger charge is -2.40. The van der Waals surface area contributed by atoms with Gasteiger partial charge in [-0.15, -0.1) is 0 Å². The topological polar surface area (TPSA) is 74.2 Å². The molecule has 0 aromatic heterocycles. The molecular weight excluding hydrogens is 306 g/mol. The summed E-state index contributed by atoms with van der Waals surface area (Å²) in [4.78, 5) is 18.4. The first-order valence-electron chi connectivity index (χ1n) is 9.30. The molecule has 6 nitrogen and oxygen atoms in total. The Hall–Kier alpha value is -1.30. The third-order valence-electron chi connectivity index (χ3n) is 5.56. The molecule has 1 heterocycles. The van der Waals surface area contributed by atoms with E-state index in [0.717, 1.165) is 57.7 Å². The number of nitrogens with zero attached hydrogens (tertiary/aromatic N) is 2. The summed E-state index contributed by atoms with van der Waals surface area (Å²) < 4.78 is 5.12. The first kappa shape index (κ1) is 19.0. The maximum absolute atomic E-state index is 11.8. The molecule has 2 N–H and O–H groups in total. The second kappa shape index (κ2) is 8.70. The second-order valence-electron chi connectivity index (χ2n) is 7.33. The van der Waals surface area contributed by atoms with Crippen LogP contribution in [0.1, 0.15) is 52.4 Å². The number of hydrogen-bond donors (Lipinski definition) is 2. The van der Waals surface area contributed by atoms with Crippen molar-refractivity contribution in [3.8, 4) is 0 Å². The molecule has 2 fully saturated rings. The summed E-state index contributed by atoms with van der Waals surface area (Å²) in [7, 11) is 1.79. The Kier molecular flexibility index (Phi) is 6.90. The highest BCUT2D eigenvalue weighted by atomic mass is 16.5. The van der Waals surface area contributed by atoms with E-state index in [1.807, 2.05) is 6.92 Å². The lowest BCUT2D eigenvalue weighted by molar-refractivity contribution is -0.149. The van der Waals surface area contributed by atoms with Crippen molar-refractivity contribution in [3.63, 3.8) is 0 Å². The SMILES string of the molecule is CCOC(=O)C1CCN(C(=NC)NCC2(C)CCCCC2O)CC1. The van der Waals surface area contributed by atoms with Gasteiger partial charge in [0.25, 0.3) is 0 Å². The van der Waals surface area contributed by atoms with Crippen molar-refractivity contribution in [2.45, 2.75) is 58.5 Å². The summed E-state index contributed by atoms with van der Waals surface area (Å²) in [5, 5.41) is 13.8. The molecule has 1 aliphatic carbocycles. The first-order valence-corrected chi connectivity index (χ1v) is 9.30. The Balaban J connectivity index is 1.84. The van der Waals surface area contributed by atoms with E-state index in [0.29, 0.717) is 6.61 Å². The second-order valence-corrected chi connectivity index (χ2v) is 7.33. The number of carbonyl (C=O) groups excluding carboxylic acids is 1. The minimum atomic E-state index is -0.244. The average Bonchev–Trinajstić information content (AvgIpc) is 2.59. The van der Waals surface area contributed by atoms with E-state index < -0.39 is 0 Å². The van der Waals surface area contributed by atoms with E-state index >= 15 is 0 Å². The molecule has 0 bridgehead atoms. The largest absolute Gasteiger partial charge is 0.466 e. The number of ether oxygens (including phenoxy) is 1. The molecule has 2 atom stereocenters. The normalized spacial score (nSPS) is 29.4. The third-order valence-corrected chi connectivity index (χ3v) is 5.56. The Morgan fingerprint density at radius 2 is 2.04 bits per heavy atom. The van der Waals surface area contributed by atoms with Crippen LogP contribution in [0.4, 0.5) is 0 Å². The highest BCUT2D eigenvalue weighted by Gasteiger charge is 2.36. The third kappa shape index (κ3) is 4.62. The van der Waals surface area contributed by atoms with Crippen LogP contribution < -0.4 is 5.32 Å². The molecule has 0 aromatic rings. The summed E-state index contributed by atoms with van der Waals surface area (Å²) in [6.45, 7) is 6.80. The van der Waals surface area contributed by atoms with Gasteiger partial charge in [0, 0.05) is 32.1 Å². The Morgan fingerprint density at radius 1 is 1.33 bits per heavy atom. The maximum Gasteiger partial charge on any atom is 0.309 e. The standard InChI is InChI=1S/C18H33N3O3/c1-4-24-16(23)14-8-11-21(12-9-14)17(19-3)20-13-18(2)10-6-5-7-15(18)22/h14-15,22H,4-13H2,1-3H3,(H,19,20). The van der Waals surface area contributed by atoms with Crippen molar-refractivity contribution >= 4 is 11.9 Å². The van der Waals surface area contributed by atoms with Crippen LogP contribution in [0.5, 0.6) is 0 Å². The van der Waals surface area contributed by atoms with Crippen LogP contribution >= 0.6 is 0 Å². The lowest BCUT2D eigenvalue weighted by Crippen LogP contribution is -2.51. The molecule has 6 heteroatoms. The van der Waals surface area contributed by atoms with Crippen molar-refractivity contribution in [2.75, 3.05) is 33.3 Å². The van der Waals surface area contributed by atoms with Gasteiger partial charge in [0.1, 0.15) is 0 Å². The number of aliphatic hydroxyl groups excluding tert-OH is 1. The molecule has 0 spiro atoms. The van der Waals surface area contributed by atoms with Crippen LogP contribution in [0.15, 0.2) is 4.99 Å². The minimum absolute atomic E-state index is 0.0111. The van der Waals surface area contributed by atoms with E-state index in [9.17, 15) is 9.90 Å².